The van der Waals surface area contributed by atoms with Gasteiger partial charge in [0, 0.05) is 50.7 Å². The molecule has 7 nitrogen and oxygen atoms in total. The van der Waals surface area contributed by atoms with Crippen LogP contribution in [0.2, 0.25) is 0 Å². The summed E-state index contributed by atoms with van der Waals surface area (Å²) >= 11 is 0. The van der Waals surface area contributed by atoms with Crippen molar-refractivity contribution in [3.05, 3.63) is 96.3 Å². The summed E-state index contributed by atoms with van der Waals surface area (Å²) in [6.07, 6.45) is 3.36. The van der Waals surface area contributed by atoms with E-state index in [-0.39, 0.29) is 12.5 Å². The molecule has 33 heavy (non-hydrogen) atoms. The van der Waals surface area contributed by atoms with Gasteiger partial charge < -0.3 is 19.9 Å². The molecule has 1 aliphatic rings. The average Bonchev–Trinajstić information content (AvgIpc) is 2.88. The number of rotatable bonds is 7. The Morgan fingerprint density at radius 2 is 1.45 bits per heavy atom. The van der Waals surface area contributed by atoms with Crippen molar-refractivity contribution in [2.45, 2.75) is 19.1 Å². The van der Waals surface area contributed by atoms with Gasteiger partial charge in [0.25, 0.3) is 0 Å². The molecule has 1 atom stereocenters. The lowest BCUT2D eigenvalue weighted by Crippen LogP contribution is -2.55. The first-order valence-electron chi connectivity index (χ1n) is 11.1. The molecule has 0 saturated carbocycles. The lowest BCUT2D eigenvalue weighted by molar-refractivity contribution is -0.133. The van der Waals surface area contributed by atoms with Crippen LogP contribution in [0.5, 0.6) is 0 Å². The molecule has 1 N–H and O–H groups in total. The third-order valence-electron chi connectivity index (χ3n) is 5.70. The highest BCUT2D eigenvalue weighted by Gasteiger charge is 2.29. The van der Waals surface area contributed by atoms with E-state index in [0.29, 0.717) is 19.5 Å². The van der Waals surface area contributed by atoms with Crippen molar-refractivity contribution in [1.29, 1.82) is 0 Å². The fourth-order valence-electron chi connectivity index (χ4n) is 3.92. The SMILES string of the molecule is O=C(NC(Cc1ccccc1)C(=O)N1CCN(c2ccncc2)CC1)OCc1ccccc1. The van der Waals surface area contributed by atoms with Gasteiger partial charge in [0.1, 0.15) is 12.6 Å². The summed E-state index contributed by atoms with van der Waals surface area (Å²) < 4.78 is 5.37. The molecule has 0 spiro atoms. The number of nitrogens with zero attached hydrogens (tertiary/aromatic N) is 3. The topological polar surface area (TPSA) is 74.8 Å². The van der Waals surface area contributed by atoms with Crippen molar-refractivity contribution in [3.8, 4) is 0 Å². The molecule has 3 aromatic rings. The Bertz CT molecular complexity index is 1020. The van der Waals surface area contributed by atoms with Gasteiger partial charge in [0.05, 0.1) is 0 Å². The molecule has 1 aliphatic heterocycles. The third-order valence-corrected chi connectivity index (χ3v) is 5.70. The Hall–Kier alpha value is -3.87. The highest BCUT2D eigenvalue weighted by atomic mass is 16.5. The van der Waals surface area contributed by atoms with E-state index in [1.807, 2.05) is 77.7 Å². The minimum Gasteiger partial charge on any atom is -0.445 e. The first-order valence-corrected chi connectivity index (χ1v) is 11.1. The summed E-state index contributed by atoms with van der Waals surface area (Å²) in [5, 5.41) is 2.80. The first-order chi connectivity index (χ1) is 16.2. The van der Waals surface area contributed by atoms with Gasteiger partial charge >= 0.3 is 6.09 Å². The molecular weight excluding hydrogens is 416 g/mol. The minimum absolute atomic E-state index is 0.0927. The molecule has 1 saturated heterocycles. The van der Waals surface area contributed by atoms with E-state index in [4.69, 9.17) is 4.74 Å². The molecule has 1 unspecified atom stereocenters. The van der Waals surface area contributed by atoms with Crippen LogP contribution in [0.1, 0.15) is 11.1 Å². The largest absolute Gasteiger partial charge is 0.445 e. The number of hydrogen-bond acceptors (Lipinski definition) is 5. The summed E-state index contributed by atoms with van der Waals surface area (Å²) in [5.74, 6) is -0.0927. The Labute approximate surface area is 194 Å². The zero-order valence-corrected chi connectivity index (χ0v) is 18.5. The van der Waals surface area contributed by atoms with Gasteiger partial charge in [-0.05, 0) is 23.3 Å². The van der Waals surface area contributed by atoms with Crippen LogP contribution in [0.4, 0.5) is 10.5 Å². The number of pyridine rings is 1. The summed E-state index contributed by atoms with van der Waals surface area (Å²) in [5.41, 5.74) is 2.97. The normalized spacial score (nSPS) is 14.4. The van der Waals surface area contributed by atoms with Crippen molar-refractivity contribution in [2.24, 2.45) is 0 Å². The van der Waals surface area contributed by atoms with Crippen LogP contribution in [0.3, 0.4) is 0 Å². The van der Waals surface area contributed by atoms with Crippen molar-refractivity contribution in [3.63, 3.8) is 0 Å². The van der Waals surface area contributed by atoms with Crippen LogP contribution in [-0.2, 0) is 22.6 Å². The van der Waals surface area contributed by atoms with Gasteiger partial charge in [0.2, 0.25) is 5.91 Å². The molecule has 2 heterocycles. The fourth-order valence-corrected chi connectivity index (χ4v) is 3.92. The Kier molecular flexibility index (Phi) is 7.53. The molecule has 2 aromatic carbocycles. The van der Waals surface area contributed by atoms with E-state index in [9.17, 15) is 9.59 Å². The predicted molar refractivity (Wildman–Crippen MR) is 127 cm³/mol. The number of aromatic nitrogens is 1. The van der Waals surface area contributed by atoms with Gasteiger partial charge in [-0.2, -0.15) is 0 Å². The van der Waals surface area contributed by atoms with Crippen LogP contribution in [0.15, 0.2) is 85.2 Å². The molecule has 0 aliphatic carbocycles. The summed E-state index contributed by atoms with van der Waals surface area (Å²) in [7, 11) is 0. The predicted octanol–water partition coefficient (Wildman–Crippen LogP) is 3.27. The Balaban J connectivity index is 1.38. The first kappa shape index (κ1) is 22.3. The fraction of sp³-hybridized carbons (Fsp3) is 0.269. The summed E-state index contributed by atoms with van der Waals surface area (Å²) in [6, 6.07) is 22.4. The molecule has 2 amide bonds. The average molecular weight is 445 g/mol. The molecule has 0 bridgehead atoms. The van der Waals surface area contributed by atoms with Crippen molar-refractivity contribution < 1.29 is 14.3 Å². The van der Waals surface area contributed by atoms with E-state index in [1.165, 1.54) is 0 Å². The second kappa shape index (κ2) is 11.1. The minimum atomic E-state index is -0.692. The van der Waals surface area contributed by atoms with E-state index in [2.05, 4.69) is 15.2 Å². The highest BCUT2D eigenvalue weighted by molar-refractivity contribution is 5.86. The molecule has 4 rings (SSSR count). The van der Waals surface area contributed by atoms with Crippen LogP contribution in [0, 0.1) is 0 Å². The zero-order chi connectivity index (χ0) is 22.9. The molecule has 1 fully saturated rings. The number of hydrogen-bond donors (Lipinski definition) is 1. The van der Waals surface area contributed by atoms with Crippen LogP contribution >= 0.6 is 0 Å². The number of carbonyl (C=O) groups excluding carboxylic acids is 2. The molecule has 7 heteroatoms. The quantitative estimate of drug-likeness (QED) is 0.606. The van der Waals surface area contributed by atoms with E-state index in [0.717, 1.165) is 29.9 Å². The number of amides is 2. The van der Waals surface area contributed by atoms with Crippen LogP contribution in [0.25, 0.3) is 0 Å². The van der Waals surface area contributed by atoms with E-state index in [1.54, 1.807) is 12.4 Å². The molecule has 170 valence electrons. The van der Waals surface area contributed by atoms with Crippen molar-refractivity contribution in [2.75, 3.05) is 31.1 Å². The number of alkyl carbamates (subject to hydrolysis) is 1. The van der Waals surface area contributed by atoms with Gasteiger partial charge in [0.15, 0.2) is 0 Å². The van der Waals surface area contributed by atoms with Gasteiger partial charge in [-0.15, -0.1) is 0 Å². The Morgan fingerprint density at radius 3 is 2.09 bits per heavy atom. The standard InChI is InChI=1S/C26H28N4O3/c31-25(30-17-15-29(16-18-30)23-11-13-27-14-12-23)24(19-21-7-3-1-4-8-21)28-26(32)33-20-22-9-5-2-6-10-22/h1-14,24H,15-20H2,(H,28,32). The molecule has 0 radical (unpaired) electrons. The second-order valence-electron chi connectivity index (χ2n) is 7.97. The number of anilines is 1. The lowest BCUT2D eigenvalue weighted by Gasteiger charge is -2.37. The maximum atomic E-state index is 13.4. The molecule has 1 aromatic heterocycles. The van der Waals surface area contributed by atoms with E-state index < -0.39 is 12.1 Å². The van der Waals surface area contributed by atoms with Gasteiger partial charge in [-0.1, -0.05) is 60.7 Å². The summed E-state index contributed by atoms with van der Waals surface area (Å²) in [4.78, 5) is 34.0. The molecular formula is C26H28N4O3. The van der Waals surface area contributed by atoms with Crippen LogP contribution in [-0.4, -0.2) is 54.1 Å². The van der Waals surface area contributed by atoms with Gasteiger partial charge in [-0.3, -0.25) is 9.78 Å². The second-order valence-corrected chi connectivity index (χ2v) is 7.97. The van der Waals surface area contributed by atoms with E-state index >= 15 is 0 Å². The highest BCUT2D eigenvalue weighted by Crippen LogP contribution is 2.16. The number of piperazine rings is 1. The zero-order valence-electron chi connectivity index (χ0n) is 18.5. The smallest absolute Gasteiger partial charge is 0.408 e. The lowest BCUT2D eigenvalue weighted by atomic mass is 10.0. The third kappa shape index (κ3) is 6.32. The van der Waals surface area contributed by atoms with Crippen molar-refractivity contribution >= 4 is 17.7 Å². The van der Waals surface area contributed by atoms with Gasteiger partial charge in [-0.25, -0.2) is 4.79 Å². The number of nitrogens with one attached hydrogen (secondary N) is 1. The number of benzene rings is 2. The number of carbonyl (C=O) groups is 2. The maximum absolute atomic E-state index is 13.4. The van der Waals surface area contributed by atoms with Crippen LogP contribution < -0.4 is 10.2 Å². The monoisotopic (exact) mass is 444 g/mol. The summed E-state index contributed by atoms with van der Waals surface area (Å²) in [6.45, 7) is 2.79. The maximum Gasteiger partial charge on any atom is 0.408 e. The van der Waals surface area contributed by atoms with Crippen molar-refractivity contribution in [1.82, 2.24) is 15.2 Å². The number of ether oxygens (including phenoxy) is 1. The Morgan fingerprint density at radius 1 is 0.848 bits per heavy atom.